The summed E-state index contributed by atoms with van der Waals surface area (Å²) >= 11 is 5.98. The van der Waals surface area contributed by atoms with E-state index in [-0.39, 0.29) is 24.3 Å². The van der Waals surface area contributed by atoms with Crippen LogP contribution in [0.2, 0.25) is 0 Å². The smallest absolute Gasteiger partial charge is 0.242 e. The molecular formula is C21H27ClN2O3. The lowest BCUT2D eigenvalue weighted by Gasteiger charge is -2.29. The van der Waals surface area contributed by atoms with Gasteiger partial charge in [0, 0.05) is 13.1 Å². The molecule has 0 saturated carbocycles. The maximum Gasteiger partial charge on any atom is 0.242 e. The Morgan fingerprint density at radius 3 is 2.26 bits per heavy atom. The number of amides is 2. The summed E-state index contributed by atoms with van der Waals surface area (Å²) < 4.78 is 5.41. The molecule has 0 N–H and O–H groups in total. The normalized spacial score (nSPS) is 12.0. The second-order valence-electron chi connectivity index (χ2n) is 7.04. The molecule has 0 radical (unpaired) electrons. The Morgan fingerprint density at radius 2 is 1.70 bits per heavy atom. The van der Waals surface area contributed by atoms with Crippen molar-refractivity contribution in [3.63, 3.8) is 0 Å². The number of hydrogen-bond donors (Lipinski definition) is 0. The lowest BCUT2D eigenvalue weighted by Crippen LogP contribution is -2.45. The van der Waals surface area contributed by atoms with E-state index in [0.29, 0.717) is 25.4 Å². The summed E-state index contributed by atoms with van der Waals surface area (Å²) in [4.78, 5) is 28.7. The molecule has 0 saturated heterocycles. The number of halogens is 1. The number of furan rings is 1. The molecule has 146 valence electrons. The molecule has 2 amide bonds. The highest BCUT2D eigenvalue weighted by atomic mass is 35.5. The van der Waals surface area contributed by atoms with Crippen LogP contribution in [0.15, 0.2) is 53.1 Å². The van der Waals surface area contributed by atoms with Crippen LogP contribution >= 0.6 is 11.6 Å². The first-order valence-electron chi connectivity index (χ1n) is 9.13. The van der Waals surface area contributed by atoms with Crippen LogP contribution in [0.3, 0.4) is 0 Å². The van der Waals surface area contributed by atoms with Crippen LogP contribution in [-0.2, 0) is 22.7 Å². The average molecular weight is 391 g/mol. The van der Waals surface area contributed by atoms with Crippen LogP contribution < -0.4 is 0 Å². The van der Waals surface area contributed by atoms with Gasteiger partial charge in [-0.3, -0.25) is 9.59 Å². The minimum Gasteiger partial charge on any atom is -0.467 e. The molecule has 0 bridgehead atoms. The van der Waals surface area contributed by atoms with Crippen molar-refractivity contribution in [2.45, 2.75) is 39.2 Å². The summed E-state index contributed by atoms with van der Waals surface area (Å²) in [5, 5.41) is -0.663. The van der Waals surface area contributed by atoms with Crippen molar-refractivity contribution in [2.24, 2.45) is 5.92 Å². The van der Waals surface area contributed by atoms with E-state index in [1.807, 2.05) is 50.2 Å². The van der Waals surface area contributed by atoms with E-state index in [1.54, 1.807) is 29.1 Å². The van der Waals surface area contributed by atoms with E-state index >= 15 is 0 Å². The van der Waals surface area contributed by atoms with Gasteiger partial charge in [0.2, 0.25) is 11.8 Å². The van der Waals surface area contributed by atoms with E-state index in [1.165, 1.54) is 0 Å². The minimum atomic E-state index is -0.663. The molecule has 5 nitrogen and oxygen atoms in total. The van der Waals surface area contributed by atoms with Gasteiger partial charge in [-0.05, 0) is 30.5 Å². The fourth-order valence-corrected chi connectivity index (χ4v) is 2.95. The second kappa shape index (κ2) is 10.2. The average Bonchev–Trinajstić information content (AvgIpc) is 3.13. The van der Waals surface area contributed by atoms with E-state index in [4.69, 9.17) is 16.0 Å². The monoisotopic (exact) mass is 390 g/mol. The van der Waals surface area contributed by atoms with E-state index in [2.05, 4.69) is 0 Å². The summed E-state index contributed by atoms with van der Waals surface area (Å²) in [5.74, 6) is 0.578. The third kappa shape index (κ3) is 6.75. The molecule has 27 heavy (non-hydrogen) atoms. The zero-order valence-electron chi connectivity index (χ0n) is 16.1. The first-order chi connectivity index (χ1) is 12.9. The van der Waals surface area contributed by atoms with Crippen molar-refractivity contribution >= 4 is 23.4 Å². The quantitative estimate of drug-likeness (QED) is 0.610. The highest BCUT2D eigenvalue weighted by Crippen LogP contribution is 2.13. The van der Waals surface area contributed by atoms with Gasteiger partial charge in [-0.1, -0.05) is 44.2 Å². The first kappa shape index (κ1) is 21.0. The molecule has 0 spiro atoms. The third-order valence-corrected chi connectivity index (χ3v) is 4.25. The van der Waals surface area contributed by atoms with Crippen molar-refractivity contribution in [3.05, 3.63) is 60.1 Å². The molecule has 1 heterocycles. The summed E-state index contributed by atoms with van der Waals surface area (Å²) in [7, 11) is 0. The predicted octanol–water partition coefficient (Wildman–Crippen LogP) is 3.92. The maximum atomic E-state index is 13.0. The van der Waals surface area contributed by atoms with E-state index in [0.717, 1.165) is 5.56 Å². The van der Waals surface area contributed by atoms with Gasteiger partial charge in [-0.2, -0.15) is 0 Å². The second-order valence-corrected chi connectivity index (χ2v) is 7.70. The fourth-order valence-electron chi connectivity index (χ4n) is 2.81. The Morgan fingerprint density at radius 1 is 1.00 bits per heavy atom. The summed E-state index contributed by atoms with van der Waals surface area (Å²) in [6.07, 6.45) is 1.59. The highest BCUT2D eigenvalue weighted by Gasteiger charge is 2.25. The molecule has 1 aromatic carbocycles. The van der Waals surface area contributed by atoms with Crippen LogP contribution in [0.4, 0.5) is 0 Å². The molecule has 1 atom stereocenters. The van der Waals surface area contributed by atoms with Gasteiger partial charge in [-0.15, -0.1) is 11.6 Å². The van der Waals surface area contributed by atoms with Crippen LogP contribution in [0.25, 0.3) is 0 Å². The summed E-state index contributed by atoms with van der Waals surface area (Å²) in [6, 6.07) is 13.4. The lowest BCUT2D eigenvalue weighted by atomic mass is 10.2. The summed E-state index contributed by atoms with van der Waals surface area (Å²) in [6.45, 7) is 6.93. The van der Waals surface area contributed by atoms with Gasteiger partial charge in [0.05, 0.1) is 19.4 Å². The number of benzene rings is 1. The number of carbonyl (C=O) groups is 2. The van der Waals surface area contributed by atoms with E-state index in [9.17, 15) is 9.59 Å². The standard InChI is InChI=1S/C21H27ClN2O3/c1-16(2)12-24(21(26)17(3)22)15-20(25)23(14-19-10-7-11-27-19)13-18-8-5-4-6-9-18/h4-11,16-17H,12-15H2,1-3H3. The fraction of sp³-hybridized carbons (Fsp3) is 0.429. The molecule has 0 aliphatic rings. The summed E-state index contributed by atoms with van der Waals surface area (Å²) in [5.41, 5.74) is 1.02. The largest absolute Gasteiger partial charge is 0.467 e. The number of hydrogen-bond acceptors (Lipinski definition) is 3. The molecule has 0 aliphatic heterocycles. The predicted molar refractivity (Wildman–Crippen MR) is 106 cm³/mol. The van der Waals surface area contributed by atoms with Crippen LogP contribution in [0.1, 0.15) is 32.1 Å². The van der Waals surface area contributed by atoms with Crippen LogP contribution in [0.5, 0.6) is 0 Å². The Labute approximate surface area is 165 Å². The van der Waals surface area contributed by atoms with Gasteiger partial charge < -0.3 is 14.2 Å². The van der Waals surface area contributed by atoms with Gasteiger partial charge in [0.1, 0.15) is 11.1 Å². The lowest BCUT2D eigenvalue weighted by molar-refractivity contribution is -0.141. The topological polar surface area (TPSA) is 53.8 Å². The highest BCUT2D eigenvalue weighted by molar-refractivity contribution is 6.30. The van der Waals surface area contributed by atoms with Gasteiger partial charge in [-0.25, -0.2) is 0 Å². The Bertz CT molecular complexity index is 714. The Balaban J connectivity index is 2.16. The third-order valence-electron chi connectivity index (χ3n) is 4.06. The van der Waals surface area contributed by atoms with E-state index < -0.39 is 5.38 Å². The number of nitrogens with zero attached hydrogens (tertiary/aromatic N) is 2. The van der Waals surface area contributed by atoms with Crippen molar-refractivity contribution < 1.29 is 14.0 Å². The SMILES string of the molecule is CC(C)CN(CC(=O)N(Cc1ccccc1)Cc1ccco1)C(=O)C(C)Cl. The Hall–Kier alpha value is -2.27. The van der Waals surface area contributed by atoms with Crippen molar-refractivity contribution in [1.29, 1.82) is 0 Å². The Kier molecular flexibility index (Phi) is 7.92. The van der Waals surface area contributed by atoms with Gasteiger partial charge in [0.15, 0.2) is 0 Å². The van der Waals surface area contributed by atoms with Gasteiger partial charge >= 0.3 is 0 Å². The van der Waals surface area contributed by atoms with Crippen LogP contribution in [-0.4, -0.2) is 40.1 Å². The maximum absolute atomic E-state index is 13.0. The van der Waals surface area contributed by atoms with Crippen molar-refractivity contribution in [1.82, 2.24) is 9.80 Å². The minimum absolute atomic E-state index is 0.00160. The molecule has 0 aliphatic carbocycles. The number of carbonyl (C=O) groups excluding carboxylic acids is 2. The number of rotatable bonds is 9. The molecule has 2 aromatic rings. The molecule has 1 aromatic heterocycles. The van der Waals surface area contributed by atoms with Crippen LogP contribution in [0, 0.1) is 5.92 Å². The zero-order valence-corrected chi connectivity index (χ0v) is 16.9. The number of alkyl halides is 1. The molecule has 6 heteroatoms. The molecule has 1 unspecified atom stereocenters. The molecule has 0 fully saturated rings. The first-order valence-corrected chi connectivity index (χ1v) is 9.57. The van der Waals surface area contributed by atoms with Crippen molar-refractivity contribution in [3.8, 4) is 0 Å². The molecular weight excluding hydrogens is 364 g/mol. The van der Waals surface area contributed by atoms with Gasteiger partial charge in [0.25, 0.3) is 0 Å². The molecule has 2 rings (SSSR count). The van der Waals surface area contributed by atoms with Crippen molar-refractivity contribution in [2.75, 3.05) is 13.1 Å². The zero-order chi connectivity index (χ0) is 19.8.